The van der Waals surface area contributed by atoms with E-state index >= 15 is 0 Å². The Labute approximate surface area is 81.4 Å². The smallest absolute Gasteiger partial charge is 0.237 e. The van der Waals surface area contributed by atoms with Crippen molar-refractivity contribution in [3.05, 3.63) is 11.7 Å². The molecule has 1 aromatic rings. The molecule has 0 aliphatic heterocycles. The first-order chi connectivity index (χ1) is 6.81. The van der Waals surface area contributed by atoms with Gasteiger partial charge in [-0.15, -0.1) is 0 Å². The lowest BCUT2D eigenvalue weighted by atomic mass is 10.1. The van der Waals surface area contributed by atoms with Crippen LogP contribution in [0.25, 0.3) is 0 Å². The van der Waals surface area contributed by atoms with E-state index in [1.54, 1.807) is 7.11 Å². The summed E-state index contributed by atoms with van der Waals surface area (Å²) in [4.78, 5) is 15.5. The normalized spacial score (nSPS) is 21.8. The van der Waals surface area contributed by atoms with E-state index in [-0.39, 0.29) is 11.7 Å². The van der Waals surface area contributed by atoms with Crippen LogP contribution >= 0.6 is 0 Å². The molecular formula is C9H12N2O3. The zero-order valence-corrected chi connectivity index (χ0v) is 8.02. The standard InChI is InChI=1S/C9H12N2O3/c1-13-5-8-10-9(14-11-8)6-3-2-4-7(6)12/h6H,2-5H2,1H3. The summed E-state index contributed by atoms with van der Waals surface area (Å²) in [6.45, 7) is 0.324. The maximum Gasteiger partial charge on any atom is 0.237 e. The number of ketones is 1. The topological polar surface area (TPSA) is 65.2 Å². The van der Waals surface area contributed by atoms with E-state index in [9.17, 15) is 4.79 Å². The van der Waals surface area contributed by atoms with Crippen LogP contribution in [0.4, 0.5) is 0 Å². The van der Waals surface area contributed by atoms with Gasteiger partial charge in [0.15, 0.2) is 5.82 Å². The van der Waals surface area contributed by atoms with Crippen LogP contribution in [0.2, 0.25) is 0 Å². The second-order valence-corrected chi connectivity index (χ2v) is 3.39. The molecule has 76 valence electrons. The van der Waals surface area contributed by atoms with Gasteiger partial charge in [-0.3, -0.25) is 4.79 Å². The van der Waals surface area contributed by atoms with Crippen LogP contribution in [0, 0.1) is 0 Å². The number of ether oxygens (including phenoxy) is 1. The number of carbonyl (C=O) groups is 1. The minimum Gasteiger partial charge on any atom is -0.377 e. The lowest BCUT2D eigenvalue weighted by Gasteiger charge is -1.98. The molecule has 0 bridgehead atoms. The van der Waals surface area contributed by atoms with E-state index in [1.165, 1.54) is 0 Å². The van der Waals surface area contributed by atoms with E-state index in [0.29, 0.717) is 24.7 Å². The first-order valence-corrected chi connectivity index (χ1v) is 4.65. The van der Waals surface area contributed by atoms with Gasteiger partial charge >= 0.3 is 0 Å². The molecule has 1 unspecified atom stereocenters. The molecule has 1 aromatic heterocycles. The Bertz CT molecular complexity index is 335. The third-order valence-electron chi connectivity index (χ3n) is 2.36. The molecule has 0 amide bonds. The average Bonchev–Trinajstić information content (AvgIpc) is 2.74. The summed E-state index contributed by atoms with van der Waals surface area (Å²) in [5.41, 5.74) is 0. The molecule has 1 saturated carbocycles. The van der Waals surface area contributed by atoms with Crippen molar-refractivity contribution in [1.29, 1.82) is 0 Å². The molecule has 2 rings (SSSR count). The molecular weight excluding hydrogens is 184 g/mol. The molecule has 1 heterocycles. The second kappa shape index (κ2) is 3.88. The number of Topliss-reactive ketones (excluding diaryl/α,β-unsaturated/α-hetero) is 1. The SMILES string of the molecule is COCc1noc(C2CCCC2=O)n1. The Hall–Kier alpha value is -1.23. The number of carbonyl (C=O) groups excluding carboxylic acids is 1. The van der Waals surface area contributed by atoms with Crippen molar-refractivity contribution in [2.24, 2.45) is 0 Å². The molecule has 14 heavy (non-hydrogen) atoms. The van der Waals surface area contributed by atoms with Gasteiger partial charge in [0.2, 0.25) is 5.89 Å². The van der Waals surface area contributed by atoms with Crippen molar-refractivity contribution >= 4 is 5.78 Å². The Kier molecular flexibility index (Phi) is 2.58. The molecule has 1 aliphatic rings. The molecule has 0 aromatic carbocycles. The molecule has 1 aliphatic carbocycles. The van der Waals surface area contributed by atoms with Crippen molar-refractivity contribution in [3.63, 3.8) is 0 Å². The van der Waals surface area contributed by atoms with Gasteiger partial charge in [-0.25, -0.2) is 0 Å². The van der Waals surface area contributed by atoms with E-state index < -0.39 is 0 Å². The van der Waals surface area contributed by atoms with E-state index in [1.807, 2.05) is 0 Å². The number of aromatic nitrogens is 2. The zero-order valence-electron chi connectivity index (χ0n) is 8.02. The van der Waals surface area contributed by atoms with Gasteiger partial charge in [0, 0.05) is 13.5 Å². The quantitative estimate of drug-likeness (QED) is 0.723. The number of nitrogens with zero attached hydrogens (tertiary/aromatic N) is 2. The summed E-state index contributed by atoms with van der Waals surface area (Å²) in [6.07, 6.45) is 2.38. The summed E-state index contributed by atoms with van der Waals surface area (Å²) in [6, 6.07) is 0. The Balaban J connectivity index is 2.12. The van der Waals surface area contributed by atoms with Gasteiger partial charge in [0.1, 0.15) is 12.4 Å². The van der Waals surface area contributed by atoms with Gasteiger partial charge in [-0.2, -0.15) is 4.98 Å². The van der Waals surface area contributed by atoms with Crippen LogP contribution in [0.3, 0.4) is 0 Å². The van der Waals surface area contributed by atoms with Crippen molar-refractivity contribution in [2.45, 2.75) is 31.8 Å². The minimum atomic E-state index is -0.173. The number of hydrogen-bond acceptors (Lipinski definition) is 5. The van der Waals surface area contributed by atoms with Crippen LogP contribution in [-0.2, 0) is 16.1 Å². The molecule has 5 heteroatoms. The van der Waals surface area contributed by atoms with Gasteiger partial charge in [-0.05, 0) is 12.8 Å². The zero-order chi connectivity index (χ0) is 9.97. The molecule has 0 saturated heterocycles. The summed E-state index contributed by atoms with van der Waals surface area (Å²) < 4.78 is 9.87. The molecule has 1 fully saturated rings. The summed E-state index contributed by atoms with van der Waals surface area (Å²) in [5, 5.41) is 3.72. The fourth-order valence-corrected chi connectivity index (χ4v) is 1.67. The maximum atomic E-state index is 11.4. The molecule has 0 radical (unpaired) electrons. The molecule has 0 spiro atoms. The first-order valence-electron chi connectivity index (χ1n) is 4.65. The van der Waals surface area contributed by atoms with Gasteiger partial charge in [0.25, 0.3) is 0 Å². The number of hydrogen-bond donors (Lipinski definition) is 0. The second-order valence-electron chi connectivity index (χ2n) is 3.39. The van der Waals surface area contributed by atoms with Gasteiger partial charge in [-0.1, -0.05) is 5.16 Å². The summed E-state index contributed by atoms with van der Waals surface area (Å²) in [7, 11) is 1.57. The highest BCUT2D eigenvalue weighted by atomic mass is 16.5. The fraction of sp³-hybridized carbons (Fsp3) is 0.667. The highest BCUT2D eigenvalue weighted by Crippen LogP contribution is 2.29. The third kappa shape index (κ3) is 1.68. The van der Waals surface area contributed by atoms with E-state index in [4.69, 9.17) is 9.26 Å². The highest BCUT2D eigenvalue weighted by Gasteiger charge is 2.30. The lowest BCUT2D eigenvalue weighted by Crippen LogP contribution is -2.04. The van der Waals surface area contributed by atoms with Crippen molar-refractivity contribution in [3.8, 4) is 0 Å². The minimum absolute atomic E-state index is 0.173. The van der Waals surface area contributed by atoms with E-state index in [2.05, 4.69) is 10.1 Å². The highest BCUT2D eigenvalue weighted by molar-refractivity contribution is 5.86. The maximum absolute atomic E-state index is 11.4. The van der Waals surface area contributed by atoms with Gasteiger partial charge < -0.3 is 9.26 Å². The van der Waals surface area contributed by atoms with Gasteiger partial charge in [0.05, 0.1) is 5.92 Å². The lowest BCUT2D eigenvalue weighted by molar-refractivity contribution is -0.119. The molecule has 1 atom stereocenters. The largest absolute Gasteiger partial charge is 0.377 e. The Morgan fingerprint density at radius 3 is 3.14 bits per heavy atom. The predicted octanol–water partition coefficient (Wildman–Crippen LogP) is 1.05. The monoisotopic (exact) mass is 196 g/mol. The fourth-order valence-electron chi connectivity index (χ4n) is 1.67. The van der Waals surface area contributed by atoms with E-state index in [0.717, 1.165) is 12.8 Å². The number of rotatable bonds is 3. The van der Waals surface area contributed by atoms with Crippen LogP contribution in [-0.4, -0.2) is 23.0 Å². The summed E-state index contributed by atoms with van der Waals surface area (Å²) >= 11 is 0. The Morgan fingerprint density at radius 1 is 1.64 bits per heavy atom. The van der Waals surface area contributed by atoms with Crippen molar-refractivity contribution in [1.82, 2.24) is 10.1 Å². The predicted molar refractivity (Wildman–Crippen MR) is 46.6 cm³/mol. The van der Waals surface area contributed by atoms with Crippen LogP contribution < -0.4 is 0 Å². The Morgan fingerprint density at radius 2 is 2.50 bits per heavy atom. The number of methoxy groups -OCH3 is 1. The van der Waals surface area contributed by atoms with Crippen molar-refractivity contribution in [2.75, 3.05) is 7.11 Å². The third-order valence-corrected chi connectivity index (χ3v) is 2.36. The first kappa shape index (κ1) is 9.33. The van der Waals surface area contributed by atoms with Crippen LogP contribution in [0.1, 0.15) is 36.9 Å². The van der Waals surface area contributed by atoms with Crippen LogP contribution in [0.15, 0.2) is 4.52 Å². The van der Waals surface area contributed by atoms with Crippen molar-refractivity contribution < 1.29 is 14.1 Å². The summed E-state index contributed by atoms with van der Waals surface area (Å²) in [5.74, 6) is 0.979. The average molecular weight is 196 g/mol. The van der Waals surface area contributed by atoms with Crippen LogP contribution in [0.5, 0.6) is 0 Å². The molecule has 0 N–H and O–H groups in total. The molecule has 5 nitrogen and oxygen atoms in total.